The number of carbonyl (C=O) groups excluding carboxylic acids is 3. The van der Waals surface area contributed by atoms with Crippen LogP contribution in [0.15, 0.2) is 48.5 Å². The molecule has 0 aliphatic rings. The van der Waals surface area contributed by atoms with Crippen molar-refractivity contribution < 1.29 is 24.0 Å². The predicted molar refractivity (Wildman–Crippen MR) is 108 cm³/mol. The van der Waals surface area contributed by atoms with Gasteiger partial charge in [0.15, 0.2) is 18.9 Å². The van der Waals surface area contributed by atoms with Crippen LogP contribution in [0.25, 0.3) is 0 Å². The Bertz CT molecular complexity index is 834. The summed E-state index contributed by atoms with van der Waals surface area (Å²) >= 11 is 0. The van der Waals surface area contributed by atoms with Gasteiger partial charge in [-0.15, -0.1) is 0 Å². The van der Waals surface area contributed by atoms with E-state index in [9.17, 15) is 14.4 Å². The number of carbonyl (C=O) groups is 3. The number of para-hydroxylation sites is 1. The van der Waals surface area contributed by atoms with Gasteiger partial charge in [-0.25, -0.2) is 0 Å². The van der Waals surface area contributed by atoms with Crippen LogP contribution < -0.4 is 20.3 Å². The van der Waals surface area contributed by atoms with E-state index in [1.165, 1.54) is 6.92 Å². The Morgan fingerprint density at radius 2 is 1.54 bits per heavy atom. The van der Waals surface area contributed by atoms with Gasteiger partial charge in [-0.1, -0.05) is 12.1 Å². The zero-order chi connectivity index (χ0) is 20.5. The molecule has 1 atom stereocenters. The van der Waals surface area contributed by atoms with Gasteiger partial charge in [0, 0.05) is 11.3 Å². The number of benzene rings is 2. The molecule has 148 valence electrons. The van der Waals surface area contributed by atoms with E-state index in [1.807, 2.05) is 6.92 Å². The topological polar surface area (TPSA) is 88.9 Å². The first kappa shape index (κ1) is 21.1. The number of quaternary nitrogens is 1. The van der Waals surface area contributed by atoms with Crippen LogP contribution in [0.2, 0.25) is 0 Å². The predicted octanol–water partition coefficient (Wildman–Crippen LogP) is 1.38. The van der Waals surface area contributed by atoms with E-state index in [0.717, 1.165) is 4.90 Å². The van der Waals surface area contributed by atoms with Gasteiger partial charge in [0.05, 0.1) is 19.3 Å². The number of likely N-dealkylation sites (N-methyl/N-ethyl adjacent to an activating group) is 1. The van der Waals surface area contributed by atoms with Gasteiger partial charge in [-0.2, -0.15) is 0 Å². The molecule has 0 spiro atoms. The van der Waals surface area contributed by atoms with Gasteiger partial charge in [0.2, 0.25) is 0 Å². The minimum atomic E-state index is -0.247. The molecule has 1 unspecified atom stereocenters. The SMILES string of the molecule is CC[NH+](CC(=O)Nc1ccc(OC)cc1)CC(=O)Nc1ccccc1C(C)=O. The maximum absolute atomic E-state index is 12.4. The third-order valence-corrected chi connectivity index (χ3v) is 4.28. The van der Waals surface area contributed by atoms with Gasteiger partial charge < -0.3 is 20.3 Å². The Hall–Kier alpha value is -3.19. The summed E-state index contributed by atoms with van der Waals surface area (Å²) in [6.07, 6.45) is 0. The van der Waals surface area contributed by atoms with Gasteiger partial charge >= 0.3 is 0 Å². The van der Waals surface area contributed by atoms with Gasteiger partial charge in [0.1, 0.15) is 5.75 Å². The van der Waals surface area contributed by atoms with E-state index < -0.39 is 0 Å². The average molecular weight is 384 g/mol. The highest BCUT2D eigenvalue weighted by molar-refractivity contribution is 6.03. The number of amides is 2. The second kappa shape index (κ2) is 10.2. The Labute approximate surface area is 164 Å². The molecule has 2 aromatic rings. The normalized spacial score (nSPS) is 11.4. The lowest BCUT2D eigenvalue weighted by molar-refractivity contribution is -0.881. The number of nitrogens with one attached hydrogen (secondary N) is 3. The lowest BCUT2D eigenvalue weighted by atomic mass is 10.1. The highest BCUT2D eigenvalue weighted by Crippen LogP contribution is 2.15. The van der Waals surface area contributed by atoms with Crippen molar-refractivity contribution in [3.8, 4) is 5.75 Å². The van der Waals surface area contributed by atoms with Crippen LogP contribution in [0.3, 0.4) is 0 Å². The summed E-state index contributed by atoms with van der Waals surface area (Å²) < 4.78 is 5.09. The van der Waals surface area contributed by atoms with Gasteiger partial charge in [-0.05, 0) is 50.2 Å². The number of rotatable bonds is 9. The molecular formula is C21H26N3O4+. The van der Waals surface area contributed by atoms with Crippen LogP contribution >= 0.6 is 0 Å². The van der Waals surface area contributed by atoms with Gasteiger partial charge in [-0.3, -0.25) is 14.4 Å². The molecular weight excluding hydrogens is 358 g/mol. The number of anilines is 2. The van der Waals surface area contributed by atoms with Crippen LogP contribution in [0.4, 0.5) is 11.4 Å². The quantitative estimate of drug-likeness (QED) is 0.570. The fourth-order valence-corrected chi connectivity index (χ4v) is 2.74. The summed E-state index contributed by atoms with van der Waals surface area (Å²) in [5, 5.41) is 5.58. The van der Waals surface area contributed by atoms with Crippen LogP contribution in [-0.2, 0) is 9.59 Å². The standard InChI is InChI=1S/C21H25N3O4/c1-4-24(13-20(26)22-16-9-11-17(28-3)12-10-16)14-21(27)23-19-8-6-5-7-18(19)15(2)25/h5-12H,4,13-14H2,1-3H3,(H,22,26)(H,23,27)/p+1. The van der Waals surface area contributed by atoms with Crippen molar-refractivity contribution in [1.82, 2.24) is 0 Å². The number of hydrogen-bond acceptors (Lipinski definition) is 4. The lowest BCUT2D eigenvalue weighted by Crippen LogP contribution is -3.13. The van der Waals surface area contributed by atoms with Crippen LogP contribution in [0, 0.1) is 0 Å². The third-order valence-electron chi connectivity index (χ3n) is 4.28. The van der Waals surface area contributed by atoms with Crippen molar-refractivity contribution in [2.75, 3.05) is 37.4 Å². The zero-order valence-corrected chi connectivity index (χ0v) is 16.4. The van der Waals surface area contributed by atoms with Crippen molar-refractivity contribution >= 4 is 29.0 Å². The van der Waals surface area contributed by atoms with Crippen LogP contribution in [-0.4, -0.2) is 44.3 Å². The molecule has 0 bridgehead atoms. The summed E-state index contributed by atoms with van der Waals surface area (Å²) in [5.74, 6) is 0.164. The molecule has 0 fully saturated rings. The molecule has 7 nitrogen and oxygen atoms in total. The minimum Gasteiger partial charge on any atom is -0.497 e. The summed E-state index contributed by atoms with van der Waals surface area (Å²) in [5.41, 5.74) is 1.62. The molecule has 0 heterocycles. The summed E-state index contributed by atoms with van der Waals surface area (Å²) in [6, 6.07) is 13.9. The monoisotopic (exact) mass is 384 g/mol. The van der Waals surface area contributed by atoms with E-state index in [1.54, 1.807) is 55.6 Å². The highest BCUT2D eigenvalue weighted by atomic mass is 16.5. The number of methoxy groups -OCH3 is 1. The fraction of sp³-hybridized carbons (Fsp3) is 0.286. The average Bonchev–Trinajstić information content (AvgIpc) is 2.68. The molecule has 0 saturated carbocycles. The first-order valence-electron chi connectivity index (χ1n) is 9.10. The molecule has 2 amide bonds. The first-order valence-corrected chi connectivity index (χ1v) is 9.10. The molecule has 0 radical (unpaired) electrons. The van der Waals surface area contributed by atoms with Crippen molar-refractivity contribution in [3.05, 3.63) is 54.1 Å². The fourth-order valence-electron chi connectivity index (χ4n) is 2.74. The number of hydrogen-bond donors (Lipinski definition) is 3. The maximum Gasteiger partial charge on any atom is 0.279 e. The van der Waals surface area contributed by atoms with Crippen LogP contribution in [0.5, 0.6) is 5.75 Å². The largest absolute Gasteiger partial charge is 0.497 e. The molecule has 0 aliphatic heterocycles. The second-order valence-corrected chi connectivity index (χ2v) is 6.38. The Balaban J connectivity index is 1.91. The first-order chi connectivity index (χ1) is 13.4. The molecule has 0 saturated heterocycles. The highest BCUT2D eigenvalue weighted by Gasteiger charge is 2.18. The van der Waals surface area contributed by atoms with E-state index in [0.29, 0.717) is 29.2 Å². The van der Waals surface area contributed by atoms with Gasteiger partial charge in [0.25, 0.3) is 11.8 Å². The van der Waals surface area contributed by atoms with Crippen molar-refractivity contribution in [2.45, 2.75) is 13.8 Å². The van der Waals surface area contributed by atoms with Crippen molar-refractivity contribution in [2.24, 2.45) is 0 Å². The molecule has 3 N–H and O–H groups in total. The Morgan fingerprint density at radius 3 is 2.11 bits per heavy atom. The van der Waals surface area contributed by atoms with E-state index in [-0.39, 0.29) is 30.7 Å². The molecule has 7 heteroatoms. The number of ether oxygens (including phenoxy) is 1. The summed E-state index contributed by atoms with van der Waals surface area (Å²) in [4.78, 5) is 37.1. The smallest absolute Gasteiger partial charge is 0.279 e. The minimum absolute atomic E-state index is 0.116. The van der Waals surface area contributed by atoms with Crippen LogP contribution in [0.1, 0.15) is 24.2 Å². The molecule has 2 aromatic carbocycles. The third kappa shape index (κ3) is 6.21. The number of Topliss-reactive ketones (excluding diaryl/α,β-unsaturated/α-hetero) is 1. The molecule has 28 heavy (non-hydrogen) atoms. The van der Waals surface area contributed by atoms with Crippen molar-refractivity contribution in [1.29, 1.82) is 0 Å². The zero-order valence-electron chi connectivity index (χ0n) is 16.4. The van der Waals surface area contributed by atoms with E-state index in [2.05, 4.69) is 10.6 Å². The Morgan fingerprint density at radius 1 is 0.929 bits per heavy atom. The maximum atomic E-state index is 12.4. The summed E-state index contributed by atoms with van der Waals surface area (Å²) in [7, 11) is 1.58. The van der Waals surface area contributed by atoms with E-state index >= 15 is 0 Å². The lowest BCUT2D eigenvalue weighted by Gasteiger charge is -2.17. The molecule has 0 aromatic heterocycles. The second-order valence-electron chi connectivity index (χ2n) is 6.38. The van der Waals surface area contributed by atoms with Crippen molar-refractivity contribution in [3.63, 3.8) is 0 Å². The van der Waals surface area contributed by atoms with E-state index in [4.69, 9.17) is 4.74 Å². The molecule has 0 aliphatic carbocycles. The number of ketones is 1. The Kier molecular flexibility index (Phi) is 7.71. The molecule has 2 rings (SSSR count). The summed E-state index contributed by atoms with van der Waals surface area (Å²) in [6.45, 7) is 4.26.